The van der Waals surface area contributed by atoms with Crippen LogP contribution in [0.25, 0.3) is 16.7 Å². The van der Waals surface area contributed by atoms with Crippen LogP contribution < -0.4 is 5.32 Å². The normalized spacial score (nSPS) is 12.7. The third kappa shape index (κ3) is 2.08. The van der Waals surface area contributed by atoms with Crippen LogP contribution in [0.15, 0.2) is 48.5 Å². The molecule has 0 aliphatic rings. The Morgan fingerprint density at radius 3 is 2.65 bits per heavy atom. The molecule has 2 aromatic carbocycles. The van der Waals surface area contributed by atoms with E-state index in [0.717, 1.165) is 23.1 Å². The molecule has 3 rings (SSSR count). The Morgan fingerprint density at radius 1 is 1.10 bits per heavy atom. The highest BCUT2D eigenvalue weighted by Gasteiger charge is 2.15. The number of hydrogen-bond acceptors (Lipinski definition) is 3. The lowest BCUT2D eigenvalue weighted by molar-refractivity contribution is 0.572. The fourth-order valence-electron chi connectivity index (χ4n) is 2.60. The van der Waals surface area contributed by atoms with Gasteiger partial charge in [0.25, 0.3) is 0 Å². The standard InChI is InChI=1S/C16H18N4/c1-3-13(17-2)12-8-4-6-10-15(12)20-16-11-7-5-9-14(16)18-19-20/h4-11,13,17H,3H2,1-2H3. The van der Waals surface area contributed by atoms with Crippen molar-refractivity contribution in [2.45, 2.75) is 19.4 Å². The molecule has 102 valence electrons. The molecule has 0 saturated carbocycles. The molecule has 0 aliphatic carbocycles. The van der Waals surface area contributed by atoms with Crippen molar-refractivity contribution >= 4 is 11.0 Å². The first-order valence-corrected chi connectivity index (χ1v) is 6.92. The van der Waals surface area contributed by atoms with E-state index < -0.39 is 0 Å². The molecular formula is C16H18N4. The van der Waals surface area contributed by atoms with Gasteiger partial charge in [0.2, 0.25) is 0 Å². The number of benzene rings is 2. The van der Waals surface area contributed by atoms with Crippen molar-refractivity contribution < 1.29 is 0 Å². The van der Waals surface area contributed by atoms with E-state index in [1.54, 1.807) is 0 Å². The molecule has 0 bridgehead atoms. The van der Waals surface area contributed by atoms with Crippen molar-refractivity contribution in [1.29, 1.82) is 0 Å². The zero-order valence-electron chi connectivity index (χ0n) is 11.7. The molecule has 0 saturated heterocycles. The fourth-order valence-corrected chi connectivity index (χ4v) is 2.60. The highest BCUT2D eigenvalue weighted by atomic mass is 15.4. The minimum Gasteiger partial charge on any atom is -0.313 e. The molecule has 1 atom stereocenters. The Morgan fingerprint density at radius 2 is 1.85 bits per heavy atom. The van der Waals surface area contributed by atoms with Gasteiger partial charge in [0, 0.05) is 6.04 Å². The highest BCUT2D eigenvalue weighted by molar-refractivity contribution is 5.76. The van der Waals surface area contributed by atoms with E-state index >= 15 is 0 Å². The van der Waals surface area contributed by atoms with Crippen molar-refractivity contribution in [3.05, 3.63) is 54.1 Å². The van der Waals surface area contributed by atoms with E-state index in [1.807, 2.05) is 42.1 Å². The maximum Gasteiger partial charge on any atom is 0.113 e. The average molecular weight is 266 g/mol. The van der Waals surface area contributed by atoms with Crippen LogP contribution in [0.3, 0.4) is 0 Å². The Bertz CT molecular complexity index is 713. The third-order valence-corrected chi connectivity index (χ3v) is 3.65. The number of rotatable bonds is 4. The van der Waals surface area contributed by atoms with E-state index in [9.17, 15) is 0 Å². The van der Waals surface area contributed by atoms with Gasteiger partial charge in [0.1, 0.15) is 5.52 Å². The monoisotopic (exact) mass is 266 g/mol. The first-order valence-electron chi connectivity index (χ1n) is 6.92. The van der Waals surface area contributed by atoms with Gasteiger partial charge >= 0.3 is 0 Å². The predicted octanol–water partition coefficient (Wildman–Crippen LogP) is 3.09. The maximum absolute atomic E-state index is 4.32. The lowest BCUT2D eigenvalue weighted by Gasteiger charge is -2.18. The summed E-state index contributed by atoms with van der Waals surface area (Å²) >= 11 is 0. The molecule has 4 heteroatoms. The van der Waals surface area contributed by atoms with E-state index in [-0.39, 0.29) is 0 Å². The van der Waals surface area contributed by atoms with Gasteiger partial charge in [0.15, 0.2) is 0 Å². The minimum absolute atomic E-state index is 0.314. The highest BCUT2D eigenvalue weighted by Crippen LogP contribution is 2.25. The molecular weight excluding hydrogens is 248 g/mol. The van der Waals surface area contributed by atoms with Gasteiger partial charge in [-0.05, 0) is 37.2 Å². The molecule has 0 fully saturated rings. The van der Waals surface area contributed by atoms with Gasteiger partial charge < -0.3 is 5.32 Å². The summed E-state index contributed by atoms with van der Waals surface area (Å²) < 4.78 is 1.92. The number of nitrogens with zero attached hydrogens (tertiary/aromatic N) is 3. The van der Waals surface area contributed by atoms with Crippen molar-refractivity contribution in [2.24, 2.45) is 0 Å². The number of aromatic nitrogens is 3. The Balaban J connectivity index is 2.19. The largest absolute Gasteiger partial charge is 0.313 e. The summed E-state index contributed by atoms with van der Waals surface area (Å²) in [6.07, 6.45) is 1.03. The van der Waals surface area contributed by atoms with Crippen molar-refractivity contribution in [1.82, 2.24) is 20.3 Å². The molecule has 3 aromatic rings. The van der Waals surface area contributed by atoms with Gasteiger partial charge in [-0.15, -0.1) is 5.10 Å². The number of fused-ring (bicyclic) bond motifs is 1. The lowest BCUT2D eigenvalue weighted by Crippen LogP contribution is -2.17. The quantitative estimate of drug-likeness (QED) is 0.789. The van der Waals surface area contributed by atoms with Crippen LogP contribution in [0.5, 0.6) is 0 Å². The summed E-state index contributed by atoms with van der Waals surface area (Å²) in [5.41, 5.74) is 4.28. The van der Waals surface area contributed by atoms with Crippen LogP contribution in [0.2, 0.25) is 0 Å². The minimum atomic E-state index is 0.314. The van der Waals surface area contributed by atoms with E-state index in [4.69, 9.17) is 0 Å². The number of para-hydroxylation sites is 2. The third-order valence-electron chi connectivity index (χ3n) is 3.65. The molecule has 0 amide bonds. The maximum atomic E-state index is 4.32. The average Bonchev–Trinajstić information content (AvgIpc) is 2.93. The summed E-state index contributed by atoms with van der Waals surface area (Å²) in [6, 6.07) is 16.7. The van der Waals surface area contributed by atoms with Gasteiger partial charge in [0.05, 0.1) is 11.2 Å². The first-order chi connectivity index (χ1) is 9.85. The molecule has 1 unspecified atom stereocenters. The molecule has 0 spiro atoms. The summed E-state index contributed by atoms with van der Waals surface area (Å²) in [7, 11) is 1.99. The zero-order valence-corrected chi connectivity index (χ0v) is 11.7. The van der Waals surface area contributed by atoms with Crippen LogP contribution >= 0.6 is 0 Å². The first kappa shape index (κ1) is 12.8. The predicted molar refractivity (Wildman–Crippen MR) is 81.0 cm³/mol. The molecule has 1 aromatic heterocycles. The van der Waals surface area contributed by atoms with Crippen LogP contribution in [0.4, 0.5) is 0 Å². The summed E-state index contributed by atoms with van der Waals surface area (Å²) in [5, 5.41) is 11.9. The van der Waals surface area contributed by atoms with Crippen molar-refractivity contribution in [3.63, 3.8) is 0 Å². The Labute approximate surface area is 118 Å². The SMILES string of the molecule is CCC(NC)c1ccccc1-n1nnc2ccccc21. The van der Waals surface area contributed by atoms with Gasteiger partial charge in [-0.3, -0.25) is 0 Å². The molecule has 20 heavy (non-hydrogen) atoms. The van der Waals surface area contributed by atoms with E-state index in [1.165, 1.54) is 5.56 Å². The van der Waals surface area contributed by atoms with Crippen LogP contribution in [-0.2, 0) is 0 Å². The number of nitrogens with one attached hydrogen (secondary N) is 1. The fraction of sp³-hybridized carbons (Fsp3) is 0.250. The van der Waals surface area contributed by atoms with Crippen LogP contribution in [-0.4, -0.2) is 22.0 Å². The topological polar surface area (TPSA) is 42.7 Å². The van der Waals surface area contributed by atoms with Gasteiger partial charge in [-0.2, -0.15) is 0 Å². The zero-order chi connectivity index (χ0) is 13.9. The summed E-state index contributed by atoms with van der Waals surface area (Å²) in [5.74, 6) is 0. The molecule has 1 heterocycles. The van der Waals surface area contributed by atoms with Gasteiger partial charge in [-0.25, -0.2) is 4.68 Å². The van der Waals surface area contributed by atoms with E-state index in [2.05, 4.69) is 40.8 Å². The second kappa shape index (κ2) is 5.43. The van der Waals surface area contributed by atoms with Crippen molar-refractivity contribution in [2.75, 3.05) is 7.05 Å². The molecule has 4 nitrogen and oxygen atoms in total. The molecule has 1 N–H and O–H groups in total. The van der Waals surface area contributed by atoms with E-state index in [0.29, 0.717) is 6.04 Å². The lowest BCUT2D eigenvalue weighted by atomic mass is 10.0. The second-order valence-corrected chi connectivity index (χ2v) is 4.80. The van der Waals surface area contributed by atoms with Gasteiger partial charge in [-0.1, -0.05) is 42.5 Å². The summed E-state index contributed by atoms with van der Waals surface area (Å²) in [6.45, 7) is 2.18. The smallest absolute Gasteiger partial charge is 0.113 e. The Hall–Kier alpha value is -2.20. The van der Waals surface area contributed by atoms with Crippen molar-refractivity contribution in [3.8, 4) is 5.69 Å². The number of hydrogen-bond donors (Lipinski definition) is 1. The van der Waals surface area contributed by atoms with Crippen LogP contribution in [0, 0.1) is 0 Å². The molecule has 0 aliphatic heterocycles. The van der Waals surface area contributed by atoms with Crippen LogP contribution in [0.1, 0.15) is 24.9 Å². The Kier molecular flexibility index (Phi) is 3.48. The molecule has 0 radical (unpaired) electrons. The summed E-state index contributed by atoms with van der Waals surface area (Å²) in [4.78, 5) is 0. The second-order valence-electron chi connectivity index (χ2n) is 4.80.